The first kappa shape index (κ1) is 7.09. The summed E-state index contributed by atoms with van der Waals surface area (Å²) < 4.78 is 1.45. The van der Waals surface area contributed by atoms with Crippen LogP contribution in [0.3, 0.4) is 0 Å². The van der Waals surface area contributed by atoms with Crippen LogP contribution in [0.4, 0.5) is 0 Å². The Hall–Kier alpha value is -0.0200. The fourth-order valence-electron chi connectivity index (χ4n) is 0.557. The molecule has 1 heterocycles. The van der Waals surface area contributed by atoms with Crippen molar-refractivity contribution in [1.82, 2.24) is 4.98 Å². The number of rotatable bonds is 1. The lowest BCUT2D eigenvalue weighted by Crippen LogP contribution is -1.66. The molecular weight excluding hydrogens is 150 g/mol. The summed E-state index contributed by atoms with van der Waals surface area (Å²) >= 11 is 1.81. The highest BCUT2D eigenvalue weighted by molar-refractivity contribution is 8.17. The summed E-state index contributed by atoms with van der Waals surface area (Å²) in [7, 11) is 0.0813. The van der Waals surface area contributed by atoms with Gasteiger partial charge in [-0.2, -0.15) is 0 Å². The van der Waals surface area contributed by atoms with Crippen molar-refractivity contribution in [3.63, 3.8) is 0 Å². The Labute approximate surface area is 62.5 Å². The predicted octanol–water partition coefficient (Wildman–Crippen LogP) is 2.07. The molecule has 0 bridgehead atoms. The van der Waals surface area contributed by atoms with Gasteiger partial charge in [0.25, 0.3) is 0 Å². The molecular formula is C6H11NS2. The van der Waals surface area contributed by atoms with Gasteiger partial charge in [0.2, 0.25) is 0 Å². The van der Waals surface area contributed by atoms with Crippen LogP contribution < -0.4 is 0 Å². The number of hydrogen-bond donors (Lipinski definition) is 1. The van der Waals surface area contributed by atoms with Crippen LogP contribution in [0.5, 0.6) is 0 Å². The Bertz CT molecular complexity index is 193. The predicted molar refractivity (Wildman–Crippen MR) is 46.0 cm³/mol. The second-order valence-corrected chi connectivity index (χ2v) is 5.92. The number of hydrogen-bond acceptors (Lipinski definition) is 2. The monoisotopic (exact) mass is 161 g/mol. The third kappa shape index (κ3) is 1.69. The van der Waals surface area contributed by atoms with Gasteiger partial charge in [-0.05, 0) is 19.4 Å². The number of aromatic nitrogens is 1. The second kappa shape index (κ2) is 2.71. The van der Waals surface area contributed by atoms with E-state index in [2.05, 4.69) is 17.5 Å². The summed E-state index contributed by atoms with van der Waals surface area (Å²) in [6.07, 6.45) is 6.50. The maximum absolute atomic E-state index is 4.17. The van der Waals surface area contributed by atoms with Crippen LogP contribution in [-0.2, 0) is 0 Å². The zero-order chi connectivity index (χ0) is 6.85. The van der Waals surface area contributed by atoms with Crippen molar-refractivity contribution in [2.45, 2.75) is 11.1 Å². The maximum Gasteiger partial charge on any atom is 0.0905 e. The van der Waals surface area contributed by atoms with Crippen molar-refractivity contribution < 1.29 is 0 Å². The number of thiol groups is 1. The fourth-order valence-corrected chi connectivity index (χ4v) is 2.49. The fraction of sp³-hybridized carbons (Fsp3) is 0.500. The number of nitrogens with zero attached hydrogens (tertiary/aromatic N) is 1. The summed E-state index contributed by atoms with van der Waals surface area (Å²) in [6, 6.07) is 0. The Morgan fingerprint density at radius 3 is 2.44 bits per heavy atom. The molecule has 0 amide bonds. The highest BCUT2D eigenvalue weighted by atomic mass is 32.2. The van der Waals surface area contributed by atoms with E-state index in [9.17, 15) is 0 Å². The van der Waals surface area contributed by atoms with E-state index in [0.29, 0.717) is 0 Å². The smallest absolute Gasteiger partial charge is 0.0905 e. The maximum atomic E-state index is 4.17. The van der Waals surface area contributed by atoms with Gasteiger partial charge in [-0.15, -0.1) is 11.3 Å². The Kier molecular flexibility index (Phi) is 2.13. The van der Waals surface area contributed by atoms with Gasteiger partial charge < -0.3 is 0 Å². The topological polar surface area (TPSA) is 12.9 Å². The van der Waals surface area contributed by atoms with Crippen LogP contribution in [0.1, 0.15) is 5.01 Å². The SMILES string of the molecule is Cc1ncc([SH](C)C)s1. The van der Waals surface area contributed by atoms with Gasteiger partial charge in [0, 0.05) is 0 Å². The third-order valence-electron chi connectivity index (χ3n) is 1.05. The highest BCUT2D eigenvalue weighted by Gasteiger charge is 1.97. The minimum atomic E-state index is 0.0813. The first-order valence-corrected chi connectivity index (χ1v) is 5.85. The van der Waals surface area contributed by atoms with E-state index in [1.807, 2.05) is 24.5 Å². The Morgan fingerprint density at radius 1 is 1.56 bits per heavy atom. The van der Waals surface area contributed by atoms with E-state index in [4.69, 9.17) is 0 Å². The normalized spacial score (nSPS) is 11.7. The zero-order valence-electron chi connectivity index (χ0n) is 5.88. The lowest BCUT2D eigenvalue weighted by Gasteiger charge is -2.01. The minimum absolute atomic E-state index is 0.0813. The quantitative estimate of drug-likeness (QED) is 0.622. The van der Waals surface area contributed by atoms with Gasteiger partial charge in [0.1, 0.15) is 0 Å². The lowest BCUT2D eigenvalue weighted by atomic mass is 10.8. The van der Waals surface area contributed by atoms with Gasteiger partial charge >= 0.3 is 0 Å². The molecule has 1 aromatic heterocycles. The average molecular weight is 161 g/mol. The molecule has 1 aromatic rings. The second-order valence-electron chi connectivity index (χ2n) is 2.11. The molecule has 0 aliphatic rings. The molecule has 9 heavy (non-hydrogen) atoms. The molecule has 0 N–H and O–H groups in total. The van der Waals surface area contributed by atoms with Crippen LogP contribution >= 0.6 is 22.2 Å². The molecule has 0 aliphatic heterocycles. The third-order valence-corrected chi connectivity index (χ3v) is 4.13. The van der Waals surface area contributed by atoms with Crippen molar-refractivity contribution in [2.75, 3.05) is 12.5 Å². The van der Waals surface area contributed by atoms with Crippen LogP contribution in [0.2, 0.25) is 0 Å². The summed E-state index contributed by atoms with van der Waals surface area (Å²) in [5, 5.41) is 1.18. The van der Waals surface area contributed by atoms with Crippen molar-refractivity contribution in [2.24, 2.45) is 0 Å². The molecule has 0 radical (unpaired) electrons. The lowest BCUT2D eigenvalue weighted by molar-refractivity contribution is 1.28. The highest BCUT2D eigenvalue weighted by Crippen LogP contribution is 2.32. The van der Waals surface area contributed by atoms with E-state index in [1.165, 1.54) is 9.22 Å². The van der Waals surface area contributed by atoms with Gasteiger partial charge in [0.15, 0.2) is 0 Å². The van der Waals surface area contributed by atoms with Crippen LogP contribution in [0.15, 0.2) is 10.4 Å². The molecule has 0 aromatic carbocycles. The molecule has 1 nitrogen and oxygen atoms in total. The molecule has 3 heteroatoms. The molecule has 0 saturated carbocycles. The number of aryl methyl sites for hydroxylation is 1. The summed E-state index contributed by atoms with van der Waals surface area (Å²) in [5.41, 5.74) is 0. The van der Waals surface area contributed by atoms with E-state index < -0.39 is 0 Å². The van der Waals surface area contributed by atoms with Gasteiger partial charge in [-0.25, -0.2) is 15.9 Å². The Morgan fingerprint density at radius 2 is 2.22 bits per heavy atom. The minimum Gasteiger partial charge on any atom is -0.249 e. The molecule has 0 atom stereocenters. The van der Waals surface area contributed by atoms with Crippen molar-refractivity contribution in [1.29, 1.82) is 0 Å². The largest absolute Gasteiger partial charge is 0.249 e. The van der Waals surface area contributed by atoms with E-state index in [1.54, 1.807) is 0 Å². The van der Waals surface area contributed by atoms with Crippen LogP contribution in [0.25, 0.3) is 0 Å². The molecule has 0 unspecified atom stereocenters. The zero-order valence-corrected chi connectivity index (χ0v) is 7.59. The van der Waals surface area contributed by atoms with Crippen molar-refractivity contribution >= 4 is 22.2 Å². The van der Waals surface area contributed by atoms with E-state index in [-0.39, 0.29) is 10.9 Å². The molecule has 0 aliphatic carbocycles. The van der Waals surface area contributed by atoms with Gasteiger partial charge in [-0.3, -0.25) is 0 Å². The van der Waals surface area contributed by atoms with Gasteiger partial charge in [0.05, 0.1) is 15.4 Å². The van der Waals surface area contributed by atoms with Crippen molar-refractivity contribution in [3.05, 3.63) is 11.2 Å². The average Bonchev–Trinajstić information content (AvgIpc) is 2.14. The van der Waals surface area contributed by atoms with Crippen molar-refractivity contribution in [3.8, 4) is 0 Å². The van der Waals surface area contributed by atoms with Crippen LogP contribution in [-0.4, -0.2) is 17.5 Å². The first-order chi connectivity index (χ1) is 4.20. The van der Waals surface area contributed by atoms with E-state index in [0.717, 1.165) is 0 Å². The molecule has 0 fully saturated rings. The van der Waals surface area contributed by atoms with Crippen LogP contribution in [0, 0.1) is 6.92 Å². The summed E-state index contributed by atoms with van der Waals surface area (Å²) in [5.74, 6) is 0. The Balaban J connectivity index is 2.85. The molecule has 52 valence electrons. The number of thiazole rings is 1. The van der Waals surface area contributed by atoms with E-state index >= 15 is 0 Å². The first-order valence-electron chi connectivity index (χ1n) is 2.80. The molecule has 1 rings (SSSR count). The molecule has 0 saturated heterocycles. The molecule has 0 spiro atoms. The van der Waals surface area contributed by atoms with Gasteiger partial charge in [-0.1, -0.05) is 0 Å². The summed E-state index contributed by atoms with van der Waals surface area (Å²) in [6.45, 7) is 2.05. The summed E-state index contributed by atoms with van der Waals surface area (Å²) in [4.78, 5) is 4.17. The standard InChI is InChI=1S/C6H11NS2/c1-5-7-4-6(8-5)9(2)3/h4,9H,1-3H3.